The normalized spacial score (nSPS) is 11.0. The second kappa shape index (κ2) is 5.75. The molecule has 0 unspecified atom stereocenters. The number of nitrogens with zero attached hydrogens (tertiary/aromatic N) is 4. The first kappa shape index (κ1) is 15.1. The average Bonchev–Trinajstić information content (AvgIpc) is 2.84. The van der Waals surface area contributed by atoms with Gasteiger partial charge in [0.25, 0.3) is 5.56 Å². The number of ether oxygens (including phenoxy) is 1. The van der Waals surface area contributed by atoms with Gasteiger partial charge in [0.2, 0.25) is 5.95 Å². The Hall–Kier alpha value is -2.83. The van der Waals surface area contributed by atoms with Crippen LogP contribution in [-0.2, 0) is 20.6 Å². The van der Waals surface area contributed by atoms with E-state index in [1.54, 1.807) is 25.9 Å². The molecular formula is C16H19N5O2. The molecule has 0 fully saturated rings. The summed E-state index contributed by atoms with van der Waals surface area (Å²) in [5, 5.41) is 7.48. The Labute approximate surface area is 133 Å². The SMILES string of the molecule is COc1ccc(CNc2nc3c(C)nn(C)c3c(=O)n2C)cc1. The largest absolute Gasteiger partial charge is 0.497 e. The summed E-state index contributed by atoms with van der Waals surface area (Å²) in [6.07, 6.45) is 0. The van der Waals surface area contributed by atoms with E-state index in [1.165, 1.54) is 4.57 Å². The first-order chi connectivity index (χ1) is 11.0. The lowest BCUT2D eigenvalue weighted by Crippen LogP contribution is -2.23. The first-order valence-corrected chi connectivity index (χ1v) is 7.28. The van der Waals surface area contributed by atoms with Gasteiger partial charge in [-0.2, -0.15) is 5.10 Å². The van der Waals surface area contributed by atoms with E-state index in [9.17, 15) is 4.79 Å². The number of hydrogen-bond donors (Lipinski definition) is 1. The molecule has 2 heterocycles. The standard InChI is InChI=1S/C16H19N5O2/c1-10-13-14(21(3)19-10)15(22)20(2)16(18-13)17-9-11-5-7-12(23-4)8-6-11/h5-8H,9H2,1-4H3,(H,17,18). The molecule has 7 heteroatoms. The number of benzene rings is 1. The van der Waals surface area contributed by atoms with Crippen molar-refractivity contribution in [2.45, 2.75) is 13.5 Å². The second-order valence-electron chi connectivity index (χ2n) is 5.41. The monoisotopic (exact) mass is 313 g/mol. The summed E-state index contributed by atoms with van der Waals surface area (Å²) in [5.74, 6) is 1.33. The molecule has 0 amide bonds. The van der Waals surface area contributed by atoms with Gasteiger partial charge in [-0.3, -0.25) is 14.0 Å². The quantitative estimate of drug-likeness (QED) is 0.792. The average molecular weight is 313 g/mol. The lowest BCUT2D eigenvalue weighted by Gasteiger charge is -2.11. The van der Waals surface area contributed by atoms with Gasteiger partial charge >= 0.3 is 0 Å². The van der Waals surface area contributed by atoms with Crippen LogP contribution in [0, 0.1) is 6.92 Å². The van der Waals surface area contributed by atoms with Crippen molar-refractivity contribution in [3.05, 3.63) is 45.9 Å². The number of hydrogen-bond acceptors (Lipinski definition) is 5. The highest BCUT2D eigenvalue weighted by atomic mass is 16.5. The number of aryl methyl sites for hydroxylation is 2. The molecule has 3 aromatic rings. The van der Waals surface area contributed by atoms with Crippen molar-refractivity contribution < 1.29 is 4.74 Å². The topological polar surface area (TPSA) is 74.0 Å². The van der Waals surface area contributed by atoms with Crippen LogP contribution in [0.4, 0.5) is 5.95 Å². The van der Waals surface area contributed by atoms with Crippen molar-refractivity contribution in [1.82, 2.24) is 19.3 Å². The predicted octanol–water partition coefficient (Wildman–Crippen LogP) is 1.60. The molecule has 1 aromatic carbocycles. The molecular weight excluding hydrogens is 294 g/mol. The minimum Gasteiger partial charge on any atom is -0.497 e. The van der Waals surface area contributed by atoms with E-state index in [-0.39, 0.29) is 5.56 Å². The highest BCUT2D eigenvalue weighted by Gasteiger charge is 2.14. The van der Waals surface area contributed by atoms with Crippen molar-refractivity contribution in [2.24, 2.45) is 14.1 Å². The molecule has 0 atom stereocenters. The summed E-state index contributed by atoms with van der Waals surface area (Å²) >= 11 is 0. The van der Waals surface area contributed by atoms with Gasteiger partial charge < -0.3 is 10.1 Å². The smallest absolute Gasteiger partial charge is 0.280 e. The number of anilines is 1. The molecule has 3 rings (SSSR count). The number of fused-ring (bicyclic) bond motifs is 1. The highest BCUT2D eigenvalue weighted by molar-refractivity contribution is 5.77. The van der Waals surface area contributed by atoms with Crippen LogP contribution in [0.2, 0.25) is 0 Å². The molecule has 120 valence electrons. The summed E-state index contributed by atoms with van der Waals surface area (Å²) in [6.45, 7) is 2.41. The van der Waals surface area contributed by atoms with E-state index in [0.29, 0.717) is 23.5 Å². The zero-order chi connectivity index (χ0) is 16.6. The molecule has 0 aliphatic rings. The molecule has 23 heavy (non-hydrogen) atoms. The van der Waals surface area contributed by atoms with Crippen LogP contribution in [0.15, 0.2) is 29.1 Å². The Bertz CT molecular complexity index is 909. The second-order valence-corrected chi connectivity index (χ2v) is 5.41. The molecule has 1 N–H and O–H groups in total. The summed E-state index contributed by atoms with van der Waals surface area (Å²) in [5.41, 5.74) is 2.85. The van der Waals surface area contributed by atoms with Crippen LogP contribution in [0.5, 0.6) is 5.75 Å². The lowest BCUT2D eigenvalue weighted by atomic mass is 10.2. The van der Waals surface area contributed by atoms with Crippen molar-refractivity contribution in [1.29, 1.82) is 0 Å². The third-order valence-electron chi connectivity index (χ3n) is 3.84. The van der Waals surface area contributed by atoms with Crippen LogP contribution in [0.3, 0.4) is 0 Å². The fourth-order valence-corrected chi connectivity index (χ4v) is 2.54. The maximum absolute atomic E-state index is 12.5. The van der Waals surface area contributed by atoms with Gasteiger partial charge in [0.1, 0.15) is 11.3 Å². The molecule has 0 spiro atoms. The molecule has 2 aromatic heterocycles. The summed E-state index contributed by atoms with van der Waals surface area (Å²) < 4.78 is 8.23. The van der Waals surface area contributed by atoms with Gasteiger partial charge in [0.15, 0.2) is 5.52 Å². The van der Waals surface area contributed by atoms with E-state index < -0.39 is 0 Å². The zero-order valence-electron chi connectivity index (χ0n) is 13.6. The molecule has 0 bridgehead atoms. The van der Waals surface area contributed by atoms with Crippen molar-refractivity contribution in [3.8, 4) is 5.75 Å². The van der Waals surface area contributed by atoms with Crippen molar-refractivity contribution >= 4 is 17.0 Å². The van der Waals surface area contributed by atoms with Crippen LogP contribution in [0.25, 0.3) is 11.0 Å². The van der Waals surface area contributed by atoms with Crippen LogP contribution < -0.4 is 15.6 Å². The van der Waals surface area contributed by atoms with Gasteiger partial charge in [0.05, 0.1) is 12.8 Å². The van der Waals surface area contributed by atoms with Gasteiger partial charge in [0, 0.05) is 20.6 Å². The van der Waals surface area contributed by atoms with E-state index in [2.05, 4.69) is 15.4 Å². The van der Waals surface area contributed by atoms with Gasteiger partial charge in [-0.1, -0.05) is 12.1 Å². The minimum atomic E-state index is -0.115. The molecule has 0 saturated heterocycles. The Kier molecular flexibility index (Phi) is 3.77. The Morgan fingerprint density at radius 3 is 2.57 bits per heavy atom. The summed E-state index contributed by atoms with van der Waals surface area (Å²) in [7, 11) is 5.09. The van der Waals surface area contributed by atoms with Crippen LogP contribution >= 0.6 is 0 Å². The predicted molar refractivity (Wildman–Crippen MR) is 88.8 cm³/mol. The van der Waals surface area contributed by atoms with Crippen LogP contribution in [0.1, 0.15) is 11.3 Å². The van der Waals surface area contributed by atoms with E-state index in [4.69, 9.17) is 4.74 Å². The number of aromatic nitrogens is 4. The van der Waals surface area contributed by atoms with Crippen molar-refractivity contribution in [2.75, 3.05) is 12.4 Å². The fraction of sp³-hybridized carbons (Fsp3) is 0.312. The number of rotatable bonds is 4. The molecule has 0 saturated carbocycles. The first-order valence-electron chi connectivity index (χ1n) is 7.28. The molecule has 7 nitrogen and oxygen atoms in total. The molecule has 0 radical (unpaired) electrons. The molecule has 0 aliphatic carbocycles. The Morgan fingerprint density at radius 1 is 1.22 bits per heavy atom. The van der Waals surface area contributed by atoms with Crippen LogP contribution in [-0.4, -0.2) is 26.4 Å². The summed E-state index contributed by atoms with van der Waals surface area (Å²) in [6, 6.07) is 7.74. The van der Waals surface area contributed by atoms with Gasteiger partial charge in [-0.25, -0.2) is 4.98 Å². The maximum Gasteiger partial charge on any atom is 0.280 e. The van der Waals surface area contributed by atoms with E-state index in [0.717, 1.165) is 17.0 Å². The van der Waals surface area contributed by atoms with E-state index >= 15 is 0 Å². The minimum absolute atomic E-state index is 0.115. The van der Waals surface area contributed by atoms with Crippen molar-refractivity contribution in [3.63, 3.8) is 0 Å². The maximum atomic E-state index is 12.5. The summed E-state index contributed by atoms with van der Waals surface area (Å²) in [4.78, 5) is 17.0. The third kappa shape index (κ3) is 2.65. The number of nitrogens with one attached hydrogen (secondary N) is 1. The fourth-order valence-electron chi connectivity index (χ4n) is 2.54. The highest BCUT2D eigenvalue weighted by Crippen LogP contribution is 2.15. The third-order valence-corrected chi connectivity index (χ3v) is 3.84. The number of methoxy groups -OCH3 is 1. The zero-order valence-corrected chi connectivity index (χ0v) is 13.6. The Balaban J connectivity index is 1.92. The molecule has 0 aliphatic heterocycles. The Morgan fingerprint density at radius 2 is 1.91 bits per heavy atom. The van der Waals surface area contributed by atoms with Gasteiger partial charge in [-0.05, 0) is 24.6 Å². The van der Waals surface area contributed by atoms with E-state index in [1.807, 2.05) is 31.2 Å². The van der Waals surface area contributed by atoms with Gasteiger partial charge in [-0.15, -0.1) is 0 Å². The lowest BCUT2D eigenvalue weighted by molar-refractivity contribution is 0.414.